The first-order valence-corrected chi connectivity index (χ1v) is 6.24. The van der Waals surface area contributed by atoms with Crippen LogP contribution in [0.25, 0.3) is 0 Å². The van der Waals surface area contributed by atoms with Gasteiger partial charge in [-0.2, -0.15) is 0 Å². The van der Waals surface area contributed by atoms with E-state index in [1.165, 1.54) is 23.1 Å². The molecule has 1 aromatic rings. The summed E-state index contributed by atoms with van der Waals surface area (Å²) in [4.78, 5) is 0. The SMILES string of the molecule is Cc1ccc2c(c1)[C@@H]1CC[C@]2(C)OC1(C)C. The van der Waals surface area contributed by atoms with Gasteiger partial charge >= 0.3 is 0 Å². The minimum absolute atomic E-state index is 0.00616. The topological polar surface area (TPSA) is 9.23 Å². The van der Waals surface area contributed by atoms with Crippen LogP contribution in [0.3, 0.4) is 0 Å². The predicted molar refractivity (Wildman–Crippen MR) is 65.7 cm³/mol. The van der Waals surface area contributed by atoms with E-state index in [1.54, 1.807) is 0 Å². The number of rotatable bonds is 0. The Morgan fingerprint density at radius 2 is 2.00 bits per heavy atom. The van der Waals surface area contributed by atoms with E-state index in [2.05, 4.69) is 45.9 Å². The zero-order valence-electron chi connectivity index (χ0n) is 10.6. The molecule has 2 atom stereocenters. The average molecular weight is 216 g/mol. The molecule has 1 aliphatic carbocycles. The van der Waals surface area contributed by atoms with Gasteiger partial charge < -0.3 is 4.74 Å². The Kier molecular flexibility index (Phi) is 1.87. The molecule has 1 saturated heterocycles. The maximum absolute atomic E-state index is 6.33. The van der Waals surface area contributed by atoms with Crippen LogP contribution in [0.15, 0.2) is 18.2 Å². The van der Waals surface area contributed by atoms with E-state index >= 15 is 0 Å². The lowest BCUT2D eigenvalue weighted by atomic mass is 9.65. The van der Waals surface area contributed by atoms with Crippen molar-refractivity contribution in [3.63, 3.8) is 0 Å². The maximum Gasteiger partial charge on any atom is 0.0913 e. The highest BCUT2D eigenvalue weighted by Gasteiger charge is 2.51. The zero-order valence-corrected chi connectivity index (χ0v) is 10.6. The number of ether oxygens (including phenoxy) is 1. The number of fused-ring (bicyclic) bond motifs is 2. The predicted octanol–water partition coefficient (Wildman–Crippen LogP) is 3.90. The van der Waals surface area contributed by atoms with Gasteiger partial charge in [-0.1, -0.05) is 23.8 Å². The molecule has 3 aliphatic rings. The van der Waals surface area contributed by atoms with E-state index in [0.29, 0.717) is 5.92 Å². The van der Waals surface area contributed by atoms with E-state index < -0.39 is 0 Å². The smallest absolute Gasteiger partial charge is 0.0913 e. The van der Waals surface area contributed by atoms with Gasteiger partial charge in [-0.3, -0.25) is 0 Å². The van der Waals surface area contributed by atoms with Crippen LogP contribution in [0.2, 0.25) is 0 Å². The lowest BCUT2D eigenvalue weighted by Gasteiger charge is -2.54. The summed E-state index contributed by atoms with van der Waals surface area (Å²) in [7, 11) is 0. The second kappa shape index (κ2) is 2.89. The van der Waals surface area contributed by atoms with Crippen molar-refractivity contribution in [3.05, 3.63) is 34.9 Å². The van der Waals surface area contributed by atoms with Crippen LogP contribution in [0.4, 0.5) is 0 Å². The van der Waals surface area contributed by atoms with Crippen molar-refractivity contribution >= 4 is 0 Å². The molecule has 0 aromatic heterocycles. The van der Waals surface area contributed by atoms with Gasteiger partial charge in [0.2, 0.25) is 0 Å². The van der Waals surface area contributed by atoms with E-state index in [4.69, 9.17) is 4.74 Å². The largest absolute Gasteiger partial charge is 0.364 e. The van der Waals surface area contributed by atoms with Crippen LogP contribution in [-0.4, -0.2) is 5.60 Å². The summed E-state index contributed by atoms with van der Waals surface area (Å²) >= 11 is 0. The van der Waals surface area contributed by atoms with Crippen LogP contribution in [0.1, 0.15) is 56.2 Å². The van der Waals surface area contributed by atoms with Crippen molar-refractivity contribution in [1.29, 1.82) is 0 Å². The summed E-state index contributed by atoms with van der Waals surface area (Å²) in [6, 6.07) is 6.84. The summed E-state index contributed by atoms with van der Waals surface area (Å²) in [5, 5.41) is 0. The van der Waals surface area contributed by atoms with Gasteiger partial charge in [-0.15, -0.1) is 0 Å². The third-order valence-electron chi connectivity index (χ3n) is 4.39. The van der Waals surface area contributed by atoms with Gasteiger partial charge in [0.1, 0.15) is 0 Å². The number of hydrogen-bond donors (Lipinski definition) is 0. The third kappa shape index (κ3) is 1.21. The van der Waals surface area contributed by atoms with E-state index in [0.717, 1.165) is 6.42 Å². The average Bonchev–Trinajstić information content (AvgIpc) is 2.14. The zero-order chi connectivity index (χ0) is 11.6. The summed E-state index contributed by atoms with van der Waals surface area (Å²) in [5.41, 5.74) is 4.26. The Morgan fingerprint density at radius 1 is 1.25 bits per heavy atom. The highest BCUT2D eigenvalue weighted by molar-refractivity contribution is 5.43. The Balaban J connectivity index is 2.24. The van der Waals surface area contributed by atoms with E-state index in [1.807, 2.05) is 0 Å². The molecule has 0 unspecified atom stereocenters. The fraction of sp³-hybridized carbons (Fsp3) is 0.600. The van der Waals surface area contributed by atoms with Crippen LogP contribution < -0.4 is 0 Å². The first-order valence-electron chi connectivity index (χ1n) is 6.24. The first-order chi connectivity index (χ1) is 7.42. The van der Waals surface area contributed by atoms with Gasteiger partial charge in [0, 0.05) is 5.92 Å². The second-order valence-corrected chi connectivity index (χ2v) is 6.12. The minimum atomic E-state index is -0.0543. The number of aryl methyl sites for hydroxylation is 1. The molecule has 86 valence electrons. The maximum atomic E-state index is 6.33. The molecule has 0 radical (unpaired) electrons. The number of benzene rings is 1. The van der Waals surface area contributed by atoms with Crippen LogP contribution >= 0.6 is 0 Å². The van der Waals surface area contributed by atoms with Crippen molar-refractivity contribution in [2.75, 3.05) is 0 Å². The van der Waals surface area contributed by atoms with Crippen molar-refractivity contribution in [2.45, 2.75) is 57.7 Å². The van der Waals surface area contributed by atoms with Gasteiger partial charge in [0.05, 0.1) is 11.2 Å². The van der Waals surface area contributed by atoms with Crippen LogP contribution in [0.5, 0.6) is 0 Å². The van der Waals surface area contributed by atoms with Gasteiger partial charge in [0.25, 0.3) is 0 Å². The highest BCUT2D eigenvalue weighted by Crippen LogP contribution is 2.56. The molecule has 1 aromatic carbocycles. The van der Waals surface area contributed by atoms with Crippen molar-refractivity contribution in [2.24, 2.45) is 0 Å². The molecule has 1 nitrogen and oxygen atoms in total. The molecule has 2 heterocycles. The molecule has 0 spiro atoms. The monoisotopic (exact) mass is 216 g/mol. The molecular formula is C15H20O. The summed E-state index contributed by atoms with van der Waals surface area (Å²) in [5.74, 6) is 0.573. The molecular weight excluding hydrogens is 196 g/mol. The minimum Gasteiger partial charge on any atom is -0.364 e. The normalized spacial score (nSPS) is 34.9. The molecule has 0 N–H and O–H groups in total. The van der Waals surface area contributed by atoms with Gasteiger partial charge in [-0.25, -0.2) is 0 Å². The second-order valence-electron chi connectivity index (χ2n) is 6.12. The molecule has 2 bridgehead atoms. The van der Waals surface area contributed by atoms with E-state index in [-0.39, 0.29) is 11.2 Å². The van der Waals surface area contributed by atoms with E-state index in [9.17, 15) is 0 Å². The molecule has 16 heavy (non-hydrogen) atoms. The van der Waals surface area contributed by atoms with Gasteiger partial charge in [0.15, 0.2) is 0 Å². The molecule has 0 saturated carbocycles. The molecule has 4 rings (SSSR count). The molecule has 0 amide bonds. The van der Waals surface area contributed by atoms with Crippen LogP contribution in [0, 0.1) is 6.92 Å². The Hall–Kier alpha value is -0.820. The fourth-order valence-electron chi connectivity index (χ4n) is 3.64. The lowest BCUT2D eigenvalue weighted by molar-refractivity contribution is -0.195. The summed E-state index contributed by atoms with van der Waals surface area (Å²) < 4.78 is 6.33. The van der Waals surface area contributed by atoms with Crippen molar-refractivity contribution in [1.82, 2.24) is 0 Å². The molecule has 1 fully saturated rings. The van der Waals surface area contributed by atoms with Crippen LogP contribution in [-0.2, 0) is 10.3 Å². The Bertz CT molecular complexity index is 447. The quantitative estimate of drug-likeness (QED) is 0.639. The highest BCUT2D eigenvalue weighted by atomic mass is 16.5. The van der Waals surface area contributed by atoms with Gasteiger partial charge in [-0.05, 0) is 51.7 Å². The lowest BCUT2D eigenvalue weighted by Crippen LogP contribution is -2.51. The standard InChI is InChI=1S/C15H20O/c1-10-5-6-13-11(9-10)12-7-8-15(13,4)16-14(12,2)3/h5-6,9,12H,7-8H2,1-4H3/t12-,15-/m0/s1. The molecule has 2 aliphatic heterocycles. The Morgan fingerprint density at radius 3 is 2.69 bits per heavy atom. The number of hydrogen-bond acceptors (Lipinski definition) is 1. The summed E-state index contributed by atoms with van der Waals surface area (Å²) in [6.45, 7) is 8.90. The molecule has 1 heteroatoms. The van der Waals surface area contributed by atoms with Crippen molar-refractivity contribution < 1.29 is 4.74 Å². The first kappa shape index (κ1) is 10.3. The summed E-state index contributed by atoms with van der Waals surface area (Å²) in [6.07, 6.45) is 2.43. The third-order valence-corrected chi connectivity index (χ3v) is 4.39. The van der Waals surface area contributed by atoms with Crippen molar-refractivity contribution in [3.8, 4) is 0 Å². The Labute approximate surface area is 97.8 Å². The fourth-order valence-corrected chi connectivity index (χ4v) is 3.64.